The van der Waals surface area contributed by atoms with Gasteiger partial charge in [0.05, 0.1) is 0 Å². The molecule has 0 heterocycles. The number of rotatable bonds is 9. The maximum Gasteiger partial charge on any atom is 0.408 e. The predicted octanol–water partition coefficient (Wildman–Crippen LogP) is 5.82. The highest BCUT2D eigenvalue weighted by Gasteiger charge is 2.42. The maximum absolute atomic E-state index is 14.5. The highest BCUT2D eigenvalue weighted by Crippen LogP contribution is 2.31. The van der Waals surface area contributed by atoms with Crippen LogP contribution >= 0.6 is 0 Å². The van der Waals surface area contributed by atoms with Gasteiger partial charge in [-0.05, 0) is 77.3 Å². The lowest BCUT2D eigenvalue weighted by atomic mass is 9.93. The van der Waals surface area contributed by atoms with Crippen molar-refractivity contribution in [1.82, 2.24) is 15.5 Å². The minimum absolute atomic E-state index is 0.0903. The predicted molar refractivity (Wildman–Crippen MR) is 164 cm³/mol. The van der Waals surface area contributed by atoms with Crippen molar-refractivity contribution in [3.63, 3.8) is 0 Å². The van der Waals surface area contributed by atoms with Crippen LogP contribution in [0.15, 0.2) is 78.9 Å². The van der Waals surface area contributed by atoms with E-state index in [1.54, 1.807) is 37.8 Å². The molecule has 3 rings (SSSR count). The number of hydrogen-bond acceptors (Lipinski definition) is 5. The lowest BCUT2D eigenvalue weighted by Gasteiger charge is -2.43. The number of carbonyl (C=O) groups excluding carboxylic acids is 3. The minimum Gasteiger partial charge on any atom is -0.508 e. The van der Waals surface area contributed by atoms with Gasteiger partial charge < -0.3 is 25.4 Å². The van der Waals surface area contributed by atoms with Gasteiger partial charge in [0.15, 0.2) is 0 Å². The Labute approximate surface area is 249 Å². The SMILES string of the molecule is Cc1ccc(C(C(=O)NCc2ccccc2)N(C(=O)C(Cc2ccc(O)cc2)NC(=O)OC(C)(C)C)C(C)(C)C)cc1. The van der Waals surface area contributed by atoms with E-state index in [0.717, 1.165) is 16.7 Å². The molecule has 2 atom stereocenters. The summed E-state index contributed by atoms with van der Waals surface area (Å²) in [5.41, 5.74) is 1.72. The van der Waals surface area contributed by atoms with E-state index in [-0.39, 0.29) is 18.1 Å². The van der Waals surface area contributed by atoms with Gasteiger partial charge in [0.1, 0.15) is 23.4 Å². The Morgan fingerprint density at radius 3 is 1.98 bits per heavy atom. The van der Waals surface area contributed by atoms with E-state index in [0.29, 0.717) is 12.1 Å². The van der Waals surface area contributed by atoms with Gasteiger partial charge in [-0.3, -0.25) is 9.59 Å². The number of nitrogens with one attached hydrogen (secondary N) is 2. The van der Waals surface area contributed by atoms with E-state index < -0.39 is 35.2 Å². The fraction of sp³-hybridized carbons (Fsp3) is 0.382. The number of phenols is 1. The molecule has 3 N–H and O–H groups in total. The number of aryl methyl sites for hydroxylation is 1. The number of amides is 3. The Morgan fingerprint density at radius 1 is 0.833 bits per heavy atom. The highest BCUT2D eigenvalue weighted by atomic mass is 16.6. The molecular formula is C34H43N3O5. The number of phenolic OH excluding ortho intramolecular Hbond substituents is 1. The molecule has 8 nitrogen and oxygen atoms in total. The van der Waals surface area contributed by atoms with Crippen LogP contribution in [-0.4, -0.2) is 45.1 Å². The zero-order valence-electron chi connectivity index (χ0n) is 25.6. The van der Waals surface area contributed by atoms with Gasteiger partial charge in [-0.1, -0.05) is 72.3 Å². The van der Waals surface area contributed by atoms with Gasteiger partial charge in [0, 0.05) is 18.5 Å². The first-order valence-corrected chi connectivity index (χ1v) is 14.1. The van der Waals surface area contributed by atoms with Gasteiger partial charge >= 0.3 is 6.09 Å². The average Bonchev–Trinajstić information content (AvgIpc) is 2.90. The first-order valence-electron chi connectivity index (χ1n) is 14.1. The van der Waals surface area contributed by atoms with Crippen LogP contribution in [0, 0.1) is 6.92 Å². The molecule has 2 unspecified atom stereocenters. The summed E-state index contributed by atoms with van der Waals surface area (Å²) in [5, 5.41) is 15.5. The van der Waals surface area contributed by atoms with E-state index in [2.05, 4.69) is 10.6 Å². The standard InChI is InChI=1S/C34H43N3O5/c1-23-13-17-26(18-14-23)29(30(39)35-22-25-11-9-8-10-12-25)37(33(2,3)4)31(40)28(36-32(41)42-34(5,6)7)21-24-15-19-27(38)20-16-24/h8-20,28-29,38H,21-22H2,1-7H3,(H,35,39)(H,36,41). The molecule has 0 aromatic heterocycles. The van der Waals surface area contributed by atoms with E-state index in [1.807, 2.05) is 82.3 Å². The molecule has 224 valence electrons. The molecule has 3 amide bonds. The number of alkyl carbamates (subject to hydrolysis) is 1. The zero-order valence-corrected chi connectivity index (χ0v) is 25.6. The lowest BCUT2D eigenvalue weighted by molar-refractivity contribution is -0.148. The fourth-order valence-electron chi connectivity index (χ4n) is 4.58. The van der Waals surface area contributed by atoms with Crippen LogP contribution in [0.2, 0.25) is 0 Å². The fourth-order valence-corrected chi connectivity index (χ4v) is 4.58. The first-order chi connectivity index (χ1) is 19.6. The van der Waals surface area contributed by atoms with Gasteiger partial charge in [0.25, 0.3) is 0 Å². The van der Waals surface area contributed by atoms with Crippen molar-refractivity contribution < 1.29 is 24.2 Å². The average molecular weight is 574 g/mol. The second-order valence-electron chi connectivity index (χ2n) is 12.5. The maximum atomic E-state index is 14.5. The second kappa shape index (κ2) is 13.6. The number of aromatic hydroxyl groups is 1. The van der Waals surface area contributed by atoms with Gasteiger partial charge in [-0.15, -0.1) is 0 Å². The monoisotopic (exact) mass is 573 g/mol. The Hall–Kier alpha value is -4.33. The molecule has 0 aliphatic rings. The number of nitrogens with zero attached hydrogens (tertiary/aromatic N) is 1. The molecule has 0 fully saturated rings. The summed E-state index contributed by atoms with van der Waals surface area (Å²) >= 11 is 0. The summed E-state index contributed by atoms with van der Waals surface area (Å²) < 4.78 is 5.49. The second-order valence-corrected chi connectivity index (χ2v) is 12.5. The molecule has 0 saturated heterocycles. The highest BCUT2D eigenvalue weighted by molar-refractivity contribution is 5.92. The first kappa shape index (κ1) is 32.2. The number of benzene rings is 3. The van der Waals surface area contributed by atoms with E-state index >= 15 is 0 Å². The Kier molecular flexibility index (Phi) is 10.4. The van der Waals surface area contributed by atoms with Crippen LogP contribution in [0.3, 0.4) is 0 Å². The third-order valence-corrected chi connectivity index (χ3v) is 6.53. The normalized spacial score (nSPS) is 13.0. The van der Waals surface area contributed by atoms with Crippen LogP contribution < -0.4 is 10.6 Å². The summed E-state index contributed by atoms with van der Waals surface area (Å²) in [6, 6.07) is 21.5. The van der Waals surface area contributed by atoms with E-state index in [4.69, 9.17) is 4.74 Å². The van der Waals surface area contributed by atoms with Crippen molar-refractivity contribution in [3.05, 3.63) is 101 Å². The van der Waals surface area contributed by atoms with Crippen molar-refractivity contribution in [3.8, 4) is 5.75 Å². The Balaban J connectivity index is 2.04. The van der Waals surface area contributed by atoms with Crippen LogP contribution in [0.1, 0.15) is 69.8 Å². The summed E-state index contributed by atoms with van der Waals surface area (Å²) in [6.45, 7) is 13.1. The zero-order chi connectivity index (χ0) is 31.1. The van der Waals surface area contributed by atoms with Crippen molar-refractivity contribution >= 4 is 17.9 Å². The summed E-state index contributed by atoms with van der Waals surface area (Å²) in [4.78, 5) is 43.0. The van der Waals surface area contributed by atoms with Crippen LogP contribution in [0.5, 0.6) is 5.75 Å². The smallest absolute Gasteiger partial charge is 0.408 e. The number of carbonyl (C=O) groups is 3. The number of ether oxygens (including phenoxy) is 1. The van der Waals surface area contributed by atoms with E-state index in [9.17, 15) is 19.5 Å². The largest absolute Gasteiger partial charge is 0.508 e. The molecule has 8 heteroatoms. The molecule has 3 aromatic carbocycles. The third-order valence-electron chi connectivity index (χ3n) is 6.53. The minimum atomic E-state index is -1.06. The molecule has 0 saturated carbocycles. The third kappa shape index (κ3) is 9.36. The summed E-state index contributed by atoms with van der Waals surface area (Å²) in [5.74, 6) is -0.693. The van der Waals surface area contributed by atoms with Crippen molar-refractivity contribution in [1.29, 1.82) is 0 Å². The molecule has 42 heavy (non-hydrogen) atoms. The quantitative estimate of drug-likeness (QED) is 0.299. The molecular weight excluding hydrogens is 530 g/mol. The molecule has 0 radical (unpaired) electrons. The summed E-state index contributed by atoms with van der Waals surface area (Å²) in [7, 11) is 0. The molecule has 3 aromatic rings. The van der Waals surface area contributed by atoms with Crippen LogP contribution in [0.4, 0.5) is 4.79 Å². The lowest BCUT2D eigenvalue weighted by Crippen LogP contribution is -2.59. The van der Waals surface area contributed by atoms with Crippen LogP contribution in [-0.2, 0) is 27.3 Å². The van der Waals surface area contributed by atoms with E-state index in [1.165, 1.54) is 12.1 Å². The molecule has 0 aliphatic heterocycles. The number of hydrogen-bond donors (Lipinski definition) is 3. The topological polar surface area (TPSA) is 108 Å². The van der Waals surface area contributed by atoms with Crippen molar-refractivity contribution in [2.24, 2.45) is 0 Å². The van der Waals surface area contributed by atoms with Crippen LogP contribution in [0.25, 0.3) is 0 Å². The molecule has 0 spiro atoms. The Bertz CT molecular complexity index is 1340. The van der Waals surface area contributed by atoms with Gasteiger partial charge in [0.2, 0.25) is 11.8 Å². The van der Waals surface area contributed by atoms with Gasteiger partial charge in [-0.25, -0.2) is 4.79 Å². The Morgan fingerprint density at radius 2 is 1.43 bits per heavy atom. The molecule has 0 bridgehead atoms. The van der Waals surface area contributed by atoms with Crippen molar-refractivity contribution in [2.75, 3.05) is 0 Å². The molecule has 0 aliphatic carbocycles. The van der Waals surface area contributed by atoms with Crippen molar-refractivity contribution in [2.45, 2.75) is 84.7 Å². The van der Waals surface area contributed by atoms with Gasteiger partial charge in [-0.2, -0.15) is 0 Å². The summed E-state index contributed by atoms with van der Waals surface area (Å²) in [6.07, 6.45) is -0.620.